The fourth-order valence-electron chi connectivity index (χ4n) is 5.98. The molecular formula is C17H28O. The second-order valence-electron chi connectivity index (χ2n) is 7.69. The van der Waals surface area contributed by atoms with Crippen molar-refractivity contribution in [3.05, 3.63) is 11.1 Å². The van der Waals surface area contributed by atoms with E-state index in [-0.39, 0.29) is 0 Å². The van der Waals surface area contributed by atoms with Crippen LogP contribution in [0.1, 0.15) is 59.8 Å². The number of hydrogen-bond acceptors (Lipinski definition) is 1. The summed E-state index contributed by atoms with van der Waals surface area (Å²) in [6.07, 6.45) is 6.79. The number of rotatable bonds is 2. The van der Waals surface area contributed by atoms with Crippen molar-refractivity contribution in [2.24, 2.45) is 22.2 Å². The summed E-state index contributed by atoms with van der Waals surface area (Å²) in [6.45, 7) is 10.9. The summed E-state index contributed by atoms with van der Waals surface area (Å²) in [5.41, 5.74) is 4.84. The van der Waals surface area contributed by atoms with E-state index in [1.165, 1.54) is 32.1 Å². The standard InChI is InChI=1S/C17H28O/c1-12-6-9-17-13(2)7-8-16(11-18-5,10-14(12)17)15(17,3)4/h13H,6-11H2,1-5H3/t13-,16+,17-/m1/s1. The SMILES string of the molecule is COC[C@]12CC[C@@H](C)[C@@]3(CCC(C)=C3C1)C2(C)C. The predicted octanol–water partition coefficient (Wildman–Crippen LogP) is 4.58. The van der Waals surface area contributed by atoms with Gasteiger partial charge in [-0.25, -0.2) is 0 Å². The average molecular weight is 248 g/mol. The number of ether oxygens (including phenoxy) is 1. The van der Waals surface area contributed by atoms with Crippen LogP contribution in [-0.4, -0.2) is 13.7 Å². The highest BCUT2D eigenvalue weighted by Crippen LogP contribution is 2.77. The quantitative estimate of drug-likeness (QED) is 0.650. The van der Waals surface area contributed by atoms with Crippen molar-refractivity contribution in [1.29, 1.82) is 0 Å². The van der Waals surface area contributed by atoms with Crippen molar-refractivity contribution in [3.63, 3.8) is 0 Å². The van der Waals surface area contributed by atoms with Crippen LogP contribution in [0.5, 0.6) is 0 Å². The van der Waals surface area contributed by atoms with Gasteiger partial charge in [0, 0.05) is 17.9 Å². The summed E-state index contributed by atoms with van der Waals surface area (Å²) in [7, 11) is 1.88. The molecule has 1 nitrogen and oxygen atoms in total. The van der Waals surface area contributed by atoms with Crippen LogP contribution >= 0.6 is 0 Å². The number of allylic oxidation sites excluding steroid dienone is 2. The largest absolute Gasteiger partial charge is 0.384 e. The summed E-state index contributed by atoms with van der Waals surface area (Å²) in [4.78, 5) is 0. The Morgan fingerprint density at radius 3 is 2.67 bits per heavy atom. The number of methoxy groups -OCH3 is 1. The Morgan fingerprint density at radius 1 is 1.28 bits per heavy atom. The van der Waals surface area contributed by atoms with Gasteiger partial charge in [-0.15, -0.1) is 0 Å². The Labute approximate surface area is 112 Å². The molecule has 0 heterocycles. The molecule has 0 amide bonds. The van der Waals surface area contributed by atoms with Crippen molar-refractivity contribution in [2.45, 2.75) is 59.8 Å². The van der Waals surface area contributed by atoms with Gasteiger partial charge in [0.1, 0.15) is 0 Å². The predicted molar refractivity (Wildman–Crippen MR) is 75.5 cm³/mol. The molecule has 1 heteroatoms. The fourth-order valence-corrected chi connectivity index (χ4v) is 5.98. The first-order chi connectivity index (χ1) is 8.41. The van der Waals surface area contributed by atoms with Crippen LogP contribution in [0.4, 0.5) is 0 Å². The minimum atomic E-state index is 0.404. The second kappa shape index (κ2) is 3.62. The molecule has 3 aliphatic rings. The van der Waals surface area contributed by atoms with E-state index in [4.69, 9.17) is 4.74 Å². The van der Waals surface area contributed by atoms with Gasteiger partial charge in [-0.05, 0) is 50.4 Å². The molecule has 0 saturated heterocycles. The van der Waals surface area contributed by atoms with E-state index in [1.54, 1.807) is 5.57 Å². The van der Waals surface area contributed by atoms with Gasteiger partial charge in [-0.2, -0.15) is 0 Å². The Kier molecular flexibility index (Phi) is 2.56. The van der Waals surface area contributed by atoms with Crippen LogP contribution in [0.3, 0.4) is 0 Å². The zero-order valence-electron chi connectivity index (χ0n) is 12.7. The smallest absolute Gasteiger partial charge is 0.0527 e. The van der Waals surface area contributed by atoms with Gasteiger partial charge >= 0.3 is 0 Å². The second-order valence-corrected chi connectivity index (χ2v) is 7.69. The van der Waals surface area contributed by atoms with E-state index in [0.717, 1.165) is 12.5 Å². The van der Waals surface area contributed by atoms with Crippen LogP contribution in [-0.2, 0) is 4.74 Å². The lowest BCUT2D eigenvalue weighted by Crippen LogP contribution is -2.52. The van der Waals surface area contributed by atoms with Crippen LogP contribution in [0.2, 0.25) is 0 Å². The lowest BCUT2D eigenvalue weighted by Gasteiger charge is -2.56. The highest BCUT2D eigenvalue weighted by molar-refractivity contribution is 5.40. The molecule has 3 atom stereocenters. The summed E-state index contributed by atoms with van der Waals surface area (Å²) in [5.74, 6) is 0.854. The molecule has 3 rings (SSSR count). The Hall–Kier alpha value is -0.300. The minimum absolute atomic E-state index is 0.404. The molecule has 1 spiro atoms. The van der Waals surface area contributed by atoms with E-state index in [0.29, 0.717) is 16.2 Å². The molecule has 0 radical (unpaired) electrons. The van der Waals surface area contributed by atoms with Gasteiger partial charge in [0.25, 0.3) is 0 Å². The number of hydrogen-bond donors (Lipinski definition) is 0. The van der Waals surface area contributed by atoms with E-state index < -0.39 is 0 Å². The molecule has 0 unspecified atom stereocenters. The van der Waals surface area contributed by atoms with Crippen LogP contribution in [0.25, 0.3) is 0 Å². The first kappa shape index (κ1) is 12.7. The minimum Gasteiger partial charge on any atom is -0.384 e. The maximum Gasteiger partial charge on any atom is 0.0527 e. The lowest BCUT2D eigenvalue weighted by molar-refractivity contribution is -0.103. The molecule has 102 valence electrons. The molecule has 18 heavy (non-hydrogen) atoms. The van der Waals surface area contributed by atoms with E-state index in [1.807, 2.05) is 12.7 Å². The molecule has 0 aromatic heterocycles. The first-order valence-electron chi connectivity index (χ1n) is 7.59. The van der Waals surface area contributed by atoms with Gasteiger partial charge < -0.3 is 4.74 Å². The van der Waals surface area contributed by atoms with Crippen LogP contribution in [0.15, 0.2) is 11.1 Å². The summed E-state index contributed by atoms with van der Waals surface area (Å²) in [6, 6.07) is 0. The van der Waals surface area contributed by atoms with E-state index in [2.05, 4.69) is 27.7 Å². The van der Waals surface area contributed by atoms with Gasteiger partial charge in [-0.1, -0.05) is 31.9 Å². The van der Waals surface area contributed by atoms with Gasteiger partial charge in [0.15, 0.2) is 0 Å². The third kappa shape index (κ3) is 1.13. The normalized spacial score (nSPS) is 45.5. The molecule has 0 N–H and O–H groups in total. The number of fused-ring (bicyclic) bond motifs is 1. The summed E-state index contributed by atoms with van der Waals surface area (Å²) in [5, 5.41) is 0. The molecule has 3 aliphatic carbocycles. The lowest BCUT2D eigenvalue weighted by atomic mass is 9.48. The fraction of sp³-hybridized carbons (Fsp3) is 0.882. The molecule has 2 saturated carbocycles. The third-order valence-electron chi connectivity index (χ3n) is 7.22. The topological polar surface area (TPSA) is 9.23 Å². The maximum atomic E-state index is 5.65. The van der Waals surface area contributed by atoms with Crippen LogP contribution < -0.4 is 0 Å². The average Bonchev–Trinajstić information content (AvgIpc) is 2.66. The highest BCUT2D eigenvalue weighted by atomic mass is 16.5. The molecule has 2 fully saturated rings. The Morgan fingerprint density at radius 2 is 2.00 bits per heavy atom. The van der Waals surface area contributed by atoms with Crippen molar-refractivity contribution < 1.29 is 4.74 Å². The maximum absolute atomic E-state index is 5.65. The Balaban J connectivity index is 2.17. The van der Waals surface area contributed by atoms with Gasteiger partial charge in [0.05, 0.1) is 6.61 Å². The third-order valence-corrected chi connectivity index (χ3v) is 7.22. The summed E-state index contributed by atoms with van der Waals surface area (Å²) < 4.78 is 5.65. The molecule has 0 aromatic carbocycles. The van der Waals surface area contributed by atoms with Crippen LogP contribution in [0, 0.1) is 22.2 Å². The van der Waals surface area contributed by atoms with E-state index >= 15 is 0 Å². The molecular weight excluding hydrogens is 220 g/mol. The molecule has 0 aromatic rings. The molecule has 2 bridgehead atoms. The Bertz CT molecular complexity index is 406. The van der Waals surface area contributed by atoms with Crippen molar-refractivity contribution >= 4 is 0 Å². The van der Waals surface area contributed by atoms with Gasteiger partial charge in [0.2, 0.25) is 0 Å². The van der Waals surface area contributed by atoms with Crippen molar-refractivity contribution in [2.75, 3.05) is 13.7 Å². The highest BCUT2D eigenvalue weighted by Gasteiger charge is 2.69. The first-order valence-corrected chi connectivity index (χ1v) is 7.59. The zero-order chi connectivity index (χ0) is 13.2. The zero-order valence-corrected chi connectivity index (χ0v) is 12.7. The van der Waals surface area contributed by atoms with Crippen molar-refractivity contribution in [3.8, 4) is 0 Å². The van der Waals surface area contributed by atoms with Gasteiger partial charge in [-0.3, -0.25) is 0 Å². The van der Waals surface area contributed by atoms with E-state index in [9.17, 15) is 0 Å². The van der Waals surface area contributed by atoms with Crippen molar-refractivity contribution in [1.82, 2.24) is 0 Å². The summed E-state index contributed by atoms with van der Waals surface area (Å²) >= 11 is 0. The molecule has 0 aliphatic heterocycles. The monoisotopic (exact) mass is 248 g/mol.